The molecule has 3 N–H and O–H groups in total. The number of hydrogen-bond acceptors (Lipinski definition) is 3. The van der Waals surface area contributed by atoms with Gasteiger partial charge in [-0.15, -0.1) is 0 Å². The highest BCUT2D eigenvalue weighted by molar-refractivity contribution is 5.86. The third-order valence-corrected chi connectivity index (χ3v) is 4.58. The van der Waals surface area contributed by atoms with Crippen LogP contribution >= 0.6 is 0 Å². The molecule has 0 radical (unpaired) electrons. The Kier molecular flexibility index (Phi) is 8.44. The predicted octanol–water partition coefficient (Wildman–Crippen LogP) is 2.15. The number of likely N-dealkylation sites (N-methyl/N-ethyl adjacent to an activating group) is 1. The molecule has 0 fully saturated rings. The molecule has 0 saturated heterocycles. The number of hydrogen-bond donors (Lipinski definition) is 3. The van der Waals surface area contributed by atoms with Crippen LogP contribution in [0.4, 0.5) is 0 Å². The van der Waals surface area contributed by atoms with Crippen LogP contribution in [0, 0.1) is 6.92 Å². The molecule has 1 aromatic carbocycles. The number of aliphatic imine (C=N–C) groups is 1. The van der Waals surface area contributed by atoms with E-state index in [4.69, 9.17) is 4.74 Å². The Bertz CT molecular complexity index is 695. The summed E-state index contributed by atoms with van der Waals surface area (Å²) >= 11 is 0. The second-order valence-corrected chi connectivity index (χ2v) is 6.64. The lowest BCUT2D eigenvalue weighted by atomic mass is 10.1. The Morgan fingerprint density at radius 2 is 2.04 bits per heavy atom. The molecule has 0 spiro atoms. The summed E-state index contributed by atoms with van der Waals surface area (Å²) in [6.07, 6.45) is 4.14. The second-order valence-electron chi connectivity index (χ2n) is 6.64. The van der Waals surface area contributed by atoms with Crippen LogP contribution in [0.25, 0.3) is 10.9 Å². The smallest absolute Gasteiger partial charge is 0.191 e. The van der Waals surface area contributed by atoms with Crippen LogP contribution in [0.2, 0.25) is 0 Å². The fraction of sp³-hybridized carbons (Fsp3) is 0.550. The van der Waals surface area contributed by atoms with Gasteiger partial charge >= 0.3 is 0 Å². The number of ether oxygens (including phenoxy) is 1. The Labute approximate surface area is 157 Å². The van der Waals surface area contributed by atoms with E-state index in [1.807, 2.05) is 7.05 Å². The van der Waals surface area contributed by atoms with Crippen LogP contribution in [0.5, 0.6) is 0 Å². The lowest BCUT2D eigenvalue weighted by molar-refractivity contribution is 0.180. The Morgan fingerprint density at radius 1 is 1.23 bits per heavy atom. The minimum atomic E-state index is 0.814. The van der Waals surface area contributed by atoms with Crippen molar-refractivity contribution < 1.29 is 4.74 Å². The first-order chi connectivity index (χ1) is 12.7. The fourth-order valence-electron chi connectivity index (χ4n) is 3.14. The molecular formula is C20H33N5O. The molecule has 144 valence electrons. The van der Waals surface area contributed by atoms with Gasteiger partial charge in [0.1, 0.15) is 0 Å². The number of guanidine groups is 1. The molecular weight excluding hydrogens is 326 g/mol. The van der Waals surface area contributed by atoms with E-state index >= 15 is 0 Å². The van der Waals surface area contributed by atoms with Crippen molar-refractivity contribution in [2.24, 2.45) is 4.99 Å². The van der Waals surface area contributed by atoms with Gasteiger partial charge in [-0.1, -0.05) is 12.1 Å². The van der Waals surface area contributed by atoms with Gasteiger partial charge in [0.15, 0.2) is 5.96 Å². The standard InChI is InChI=1S/C20H33N5O/c1-16-7-5-8-18-19(16)17(15-24-18)9-10-22-20(21-2)23-11-13-25(3)12-6-14-26-4/h5,7-8,15,24H,6,9-14H2,1-4H3,(H2,21,22,23). The van der Waals surface area contributed by atoms with Crippen molar-refractivity contribution in [2.75, 3.05) is 54.0 Å². The summed E-state index contributed by atoms with van der Waals surface area (Å²) < 4.78 is 5.09. The molecule has 6 heteroatoms. The van der Waals surface area contributed by atoms with Gasteiger partial charge in [0.05, 0.1) is 0 Å². The van der Waals surface area contributed by atoms with Crippen molar-refractivity contribution in [3.63, 3.8) is 0 Å². The molecule has 2 rings (SSSR count). The van der Waals surface area contributed by atoms with E-state index in [2.05, 4.69) is 63.9 Å². The lowest BCUT2D eigenvalue weighted by Gasteiger charge is -2.18. The van der Waals surface area contributed by atoms with Crippen molar-refractivity contribution in [1.82, 2.24) is 20.5 Å². The topological polar surface area (TPSA) is 64.7 Å². The van der Waals surface area contributed by atoms with E-state index in [1.165, 1.54) is 22.0 Å². The quantitative estimate of drug-likeness (QED) is 0.346. The van der Waals surface area contributed by atoms with Gasteiger partial charge < -0.3 is 25.3 Å². The first kappa shape index (κ1) is 20.3. The second kappa shape index (κ2) is 10.8. The van der Waals surface area contributed by atoms with Gasteiger partial charge in [-0.3, -0.25) is 4.99 Å². The summed E-state index contributed by atoms with van der Waals surface area (Å²) in [4.78, 5) is 9.97. The van der Waals surface area contributed by atoms with E-state index in [1.54, 1.807) is 7.11 Å². The number of aromatic nitrogens is 1. The number of nitrogens with zero attached hydrogens (tertiary/aromatic N) is 2. The van der Waals surface area contributed by atoms with Crippen molar-refractivity contribution in [3.8, 4) is 0 Å². The summed E-state index contributed by atoms with van der Waals surface area (Å²) in [6.45, 7) is 6.72. The molecule has 0 aliphatic heterocycles. The molecule has 2 aromatic rings. The highest BCUT2D eigenvalue weighted by atomic mass is 16.5. The van der Waals surface area contributed by atoms with E-state index < -0.39 is 0 Å². The number of benzene rings is 1. The van der Waals surface area contributed by atoms with Crippen LogP contribution < -0.4 is 10.6 Å². The average Bonchev–Trinajstić information content (AvgIpc) is 3.05. The molecule has 0 atom stereocenters. The zero-order chi connectivity index (χ0) is 18.8. The Balaban J connectivity index is 1.72. The number of H-pyrrole nitrogens is 1. The molecule has 0 aliphatic rings. The van der Waals surface area contributed by atoms with Crippen LogP contribution in [0.1, 0.15) is 17.5 Å². The minimum absolute atomic E-state index is 0.814. The largest absolute Gasteiger partial charge is 0.385 e. The van der Waals surface area contributed by atoms with Crippen LogP contribution in [-0.4, -0.2) is 69.8 Å². The Morgan fingerprint density at radius 3 is 2.81 bits per heavy atom. The summed E-state index contributed by atoms with van der Waals surface area (Å²) in [5, 5.41) is 8.12. The summed E-state index contributed by atoms with van der Waals surface area (Å²) in [5.41, 5.74) is 3.87. The summed E-state index contributed by atoms with van der Waals surface area (Å²) in [6, 6.07) is 6.38. The van der Waals surface area contributed by atoms with Gasteiger partial charge in [-0.25, -0.2) is 0 Å². The number of rotatable bonds is 10. The van der Waals surface area contributed by atoms with E-state index in [0.29, 0.717) is 0 Å². The number of aryl methyl sites for hydroxylation is 1. The zero-order valence-corrected chi connectivity index (χ0v) is 16.6. The molecule has 1 aromatic heterocycles. The molecule has 0 amide bonds. The van der Waals surface area contributed by atoms with Crippen LogP contribution in [0.3, 0.4) is 0 Å². The number of methoxy groups -OCH3 is 1. The molecule has 0 unspecified atom stereocenters. The highest BCUT2D eigenvalue weighted by Gasteiger charge is 2.06. The molecule has 1 heterocycles. The molecule has 0 aliphatic carbocycles. The average molecular weight is 360 g/mol. The fourth-order valence-corrected chi connectivity index (χ4v) is 3.14. The third-order valence-electron chi connectivity index (χ3n) is 4.58. The van der Waals surface area contributed by atoms with E-state index in [0.717, 1.165) is 51.6 Å². The zero-order valence-electron chi connectivity index (χ0n) is 16.6. The first-order valence-electron chi connectivity index (χ1n) is 9.33. The van der Waals surface area contributed by atoms with Gasteiger partial charge in [0, 0.05) is 64.0 Å². The monoisotopic (exact) mass is 359 g/mol. The predicted molar refractivity (Wildman–Crippen MR) is 110 cm³/mol. The number of fused-ring (bicyclic) bond motifs is 1. The molecule has 26 heavy (non-hydrogen) atoms. The van der Waals surface area contributed by atoms with Crippen molar-refractivity contribution >= 4 is 16.9 Å². The van der Waals surface area contributed by atoms with E-state index in [-0.39, 0.29) is 0 Å². The van der Waals surface area contributed by atoms with Crippen molar-refractivity contribution in [2.45, 2.75) is 19.8 Å². The SMILES string of the molecule is CN=C(NCCc1c[nH]c2cccc(C)c12)NCCN(C)CCCOC. The van der Waals surface area contributed by atoms with Gasteiger partial charge in [0.25, 0.3) is 0 Å². The third kappa shape index (κ3) is 6.04. The van der Waals surface area contributed by atoms with Crippen molar-refractivity contribution in [1.29, 1.82) is 0 Å². The van der Waals surface area contributed by atoms with Crippen LogP contribution in [-0.2, 0) is 11.2 Å². The Hall–Kier alpha value is -2.05. The van der Waals surface area contributed by atoms with Gasteiger partial charge in [-0.05, 0) is 44.0 Å². The molecule has 0 saturated carbocycles. The maximum Gasteiger partial charge on any atom is 0.191 e. The highest BCUT2D eigenvalue weighted by Crippen LogP contribution is 2.22. The van der Waals surface area contributed by atoms with E-state index in [9.17, 15) is 0 Å². The van der Waals surface area contributed by atoms with Crippen LogP contribution in [0.15, 0.2) is 29.4 Å². The maximum absolute atomic E-state index is 5.09. The molecule has 0 bridgehead atoms. The number of nitrogens with one attached hydrogen (secondary N) is 3. The lowest BCUT2D eigenvalue weighted by Crippen LogP contribution is -2.41. The van der Waals surface area contributed by atoms with Gasteiger partial charge in [-0.2, -0.15) is 0 Å². The first-order valence-corrected chi connectivity index (χ1v) is 9.33. The molecule has 6 nitrogen and oxygen atoms in total. The van der Waals surface area contributed by atoms with Gasteiger partial charge in [0.2, 0.25) is 0 Å². The summed E-state index contributed by atoms with van der Waals surface area (Å²) in [7, 11) is 5.69. The maximum atomic E-state index is 5.09. The minimum Gasteiger partial charge on any atom is -0.385 e. The summed E-state index contributed by atoms with van der Waals surface area (Å²) in [5.74, 6) is 0.854. The normalized spacial score (nSPS) is 12.1. The number of aromatic amines is 1. The van der Waals surface area contributed by atoms with Crippen molar-refractivity contribution in [3.05, 3.63) is 35.5 Å².